The van der Waals surface area contributed by atoms with Crippen molar-refractivity contribution in [1.29, 1.82) is 0 Å². The third-order valence-corrected chi connectivity index (χ3v) is 5.61. The minimum atomic E-state index is 0. The van der Waals surface area contributed by atoms with Gasteiger partial charge in [0.25, 0.3) is 0 Å². The third kappa shape index (κ3) is 5.83. The summed E-state index contributed by atoms with van der Waals surface area (Å²) in [5.41, 5.74) is 2.25. The van der Waals surface area contributed by atoms with Crippen molar-refractivity contribution in [2.45, 2.75) is 52.1 Å². The highest BCUT2D eigenvalue weighted by Gasteiger charge is 2.19. The van der Waals surface area contributed by atoms with E-state index in [1.165, 1.54) is 37.7 Å². The van der Waals surface area contributed by atoms with Crippen LogP contribution >= 0.6 is 24.0 Å². The van der Waals surface area contributed by atoms with Gasteiger partial charge in [-0.3, -0.25) is 9.89 Å². The topological polar surface area (TPSA) is 57.5 Å². The lowest BCUT2D eigenvalue weighted by Gasteiger charge is -2.35. The fourth-order valence-corrected chi connectivity index (χ4v) is 4.12. The lowest BCUT2D eigenvalue weighted by Crippen LogP contribution is -2.46. The first-order valence-corrected chi connectivity index (χ1v) is 10.3. The standard InChI is InChI=1S/C21H34N6.HI/c1-4-18-9-7-8-14-26(18)15-12-23-21(22-3)24-13-16-27-17(2)25-19-10-5-6-11-20(19)27;/h5-6,10-11,18H,4,7-9,12-16H2,1-3H3,(H2,22,23,24);1H. The Bertz CT molecular complexity index is 756. The zero-order valence-corrected chi connectivity index (χ0v) is 19.8. The lowest BCUT2D eigenvalue weighted by molar-refractivity contribution is 0.147. The molecule has 2 heterocycles. The molecule has 1 fully saturated rings. The summed E-state index contributed by atoms with van der Waals surface area (Å²) in [6, 6.07) is 9.06. The van der Waals surface area contributed by atoms with Crippen molar-refractivity contribution in [2.75, 3.05) is 33.2 Å². The Balaban J connectivity index is 0.00000280. The fourth-order valence-electron chi connectivity index (χ4n) is 4.12. The van der Waals surface area contributed by atoms with E-state index in [4.69, 9.17) is 0 Å². The van der Waals surface area contributed by atoms with E-state index in [-0.39, 0.29) is 24.0 Å². The van der Waals surface area contributed by atoms with Gasteiger partial charge < -0.3 is 15.2 Å². The summed E-state index contributed by atoms with van der Waals surface area (Å²) in [4.78, 5) is 11.6. The van der Waals surface area contributed by atoms with E-state index in [2.05, 4.69) is 62.1 Å². The second kappa shape index (κ2) is 11.6. The molecule has 3 rings (SSSR count). The Morgan fingerprint density at radius 3 is 2.68 bits per heavy atom. The molecule has 0 aliphatic carbocycles. The number of aliphatic imine (C=N–C) groups is 1. The molecule has 1 aliphatic rings. The van der Waals surface area contributed by atoms with Crippen LogP contribution in [0.2, 0.25) is 0 Å². The monoisotopic (exact) mass is 498 g/mol. The zero-order valence-electron chi connectivity index (χ0n) is 17.4. The van der Waals surface area contributed by atoms with Crippen LogP contribution in [-0.4, -0.2) is 59.7 Å². The van der Waals surface area contributed by atoms with Gasteiger partial charge in [0, 0.05) is 39.3 Å². The van der Waals surface area contributed by atoms with Gasteiger partial charge in [-0.2, -0.15) is 0 Å². The fraction of sp³-hybridized carbons (Fsp3) is 0.619. The number of imidazole rings is 1. The molecule has 0 saturated carbocycles. The summed E-state index contributed by atoms with van der Waals surface area (Å²) in [6.07, 6.45) is 5.32. The van der Waals surface area contributed by atoms with Crippen LogP contribution in [0.15, 0.2) is 29.3 Å². The van der Waals surface area contributed by atoms with Crippen molar-refractivity contribution < 1.29 is 0 Å². The Hall–Kier alpha value is -1.35. The number of aromatic nitrogens is 2. The van der Waals surface area contributed by atoms with Crippen LogP contribution in [0.1, 0.15) is 38.4 Å². The van der Waals surface area contributed by atoms with Gasteiger partial charge in [-0.1, -0.05) is 25.5 Å². The number of rotatable bonds is 7. The average Bonchev–Trinajstić information content (AvgIpc) is 3.02. The zero-order chi connectivity index (χ0) is 19.1. The molecule has 1 aromatic heterocycles. The first-order valence-electron chi connectivity index (χ1n) is 10.3. The number of para-hydroxylation sites is 2. The molecule has 1 aliphatic heterocycles. The van der Waals surface area contributed by atoms with Crippen molar-refractivity contribution in [3.8, 4) is 0 Å². The van der Waals surface area contributed by atoms with E-state index >= 15 is 0 Å². The van der Waals surface area contributed by atoms with E-state index in [1.54, 1.807) is 0 Å². The molecule has 0 bridgehead atoms. The number of fused-ring (bicyclic) bond motifs is 1. The molecule has 1 aromatic carbocycles. The Labute approximate surface area is 186 Å². The van der Waals surface area contributed by atoms with E-state index in [0.717, 1.165) is 49.5 Å². The molecular weight excluding hydrogens is 463 g/mol. The van der Waals surface area contributed by atoms with Crippen molar-refractivity contribution >= 4 is 41.0 Å². The predicted molar refractivity (Wildman–Crippen MR) is 129 cm³/mol. The van der Waals surface area contributed by atoms with E-state index in [9.17, 15) is 0 Å². The first-order chi connectivity index (χ1) is 13.2. The number of halogens is 1. The number of nitrogens with zero attached hydrogens (tertiary/aromatic N) is 4. The van der Waals surface area contributed by atoms with Gasteiger partial charge in [0.1, 0.15) is 5.82 Å². The number of nitrogens with one attached hydrogen (secondary N) is 2. The van der Waals surface area contributed by atoms with Crippen molar-refractivity contribution in [1.82, 2.24) is 25.1 Å². The smallest absolute Gasteiger partial charge is 0.191 e. The molecule has 7 heteroatoms. The molecule has 0 radical (unpaired) electrons. The number of aryl methyl sites for hydroxylation is 1. The molecule has 2 aromatic rings. The maximum atomic E-state index is 4.63. The first kappa shape index (κ1) is 22.9. The summed E-state index contributed by atoms with van der Waals surface area (Å²) >= 11 is 0. The molecule has 1 saturated heterocycles. The Morgan fingerprint density at radius 1 is 1.18 bits per heavy atom. The van der Waals surface area contributed by atoms with E-state index < -0.39 is 0 Å². The highest BCUT2D eigenvalue weighted by Crippen LogP contribution is 2.18. The van der Waals surface area contributed by atoms with Gasteiger partial charge in [0.15, 0.2) is 5.96 Å². The summed E-state index contributed by atoms with van der Waals surface area (Å²) in [6.45, 7) is 9.32. The number of guanidine groups is 1. The average molecular weight is 498 g/mol. The molecule has 156 valence electrons. The number of hydrogen-bond acceptors (Lipinski definition) is 3. The van der Waals surface area contributed by atoms with Crippen LogP contribution in [0.3, 0.4) is 0 Å². The Kier molecular flexibility index (Phi) is 9.50. The maximum absolute atomic E-state index is 4.63. The van der Waals surface area contributed by atoms with Crippen molar-refractivity contribution in [3.63, 3.8) is 0 Å². The van der Waals surface area contributed by atoms with Crippen molar-refractivity contribution in [3.05, 3.63) is 30.1 Å². The van der Waals surface area contributed by atoms with Crippen LogP contribution in [0, 0.1) is 6.92 Å². The van der Waals surface area contributed by atoms with Crippen LogP contribution in [0.25, 0.3) is 11.0 Å². The SMILES string of the molecule is CCC1CCCCN1CCNC(=NC)NCCn1c(C)nc2ccccc21.I. The molecule has 6 nitrogen and oxygen atoms in total. The van der Waals surface area contributed by atoms with Gasteiger partial charge in [-0.05, 0) is 44.9 Å². The molecule has 28 heavy (non-hydrogen) atoms. The number of likely N-dealkylation sites (tertiary alicyclic amines) is 1. The third-order valence-electron chi connectivity index (χ3n) is 5.61. The second-order valence-electron chi connectivity index (χ2n) is 7.32. The number of hydrogen-bond donors (Lipinski definition) is 2. The quantitative estimate of drug-likeness (QED) is 0.349. The summed E-state index contributed by atoms with van der Waals surface area (Å²) < 4.78 is 2.26. The second-order valence-corrected chi connectivity index (χ2v) is 7.32. The number of benzene rings is 1. The van der Waals surface area contributed by atoms with Gasteiger partial charge in [0.05, 0.1) is 11.0 Å². The van der Waals surface area contributed by atoms with Crippen LogP contribution in [0.4, 0.5) is 0 Å². The highest BCUT2D eigenvalue weighted by molar-refractivity contribution is 14.0. The van der Waals surface area contributed by atoms with Crippen LogP contribution < -0.4 is 10.6 Å². The molecule has 0 amide bonds. The maximum Gasteiger partial charge on any atom is 0.191 e. The van der Waals surface area contributed by atoms with Gasteiger partial charge in [-0.15, -0.1) is 24.0 Å². The van der Waals surface area contributed by atoms with E-state index in [1.807, 2.05) is 13.1 Å². The Morgan fingerprint density at radius 2 is 1.93 bits per heavy atom. The van der Waals surface area contributed by atoms with Crippen LogP contribution in [-0.2, 0) is 6.54 Å². The predicted octanol–water partition coefficient (Wildman–Crippen LogP) is 3.39. The summed E-state index contributed by atoms with van der Waals surface area (Å²) in [7, 11) is 1.84. The van der Waals surface area contributed by atoms with E-state index in [0.29, 0.717) is 0 Å². The lowest BCUT2D eigenvalue weighted by atomic mass is 10.0. The highest BCUT2D eigenvalue weighted by atomic mass is 127. The van der Waals surface area contributed by atoms with Crippen molar-refractivity contribution in [2.24, 2.45) is 4.99 Å². The minimum Gasteiger partial charge on any atom is -0.355 e. The van der Waals surface area contributed by atoms with Gasteiger partial charge in [-0.25, -0.2) is 4.98 Å². The number of piperidine rings is 1. The summed E-state index contributed by atoms with van der Waals surface area (Å²) in [5, 5.41) is 6.90. The molecular formula is C21H35IN6. The molecule has 1 unspecified atom stereocenters. The molecule has 0 spiro atoms. The molecule has 1 atom stereocenters. The largest absolute Gasteiger partial charge is 0.355 e. The minimum absolute atomic E-state index is 0. The van der Waals surface area contributed by atoms with Gasteiger partial charge in [0.2, 0.25) is 0 Å². The van der Waals surface area contributed by atoms with Crippen LogP contribution in [0.5, 0.6) is 0 Å². The van der Waals surface area contributed by atoms with Gasteiger partial charge >= 0.3 is 0 Å². The molecule has 2 N–H and O–H groups in total. The summed E-state index contributed by atoms with van der Waals surface area (Å²) in [5.74, 6) is 1.93. The normalized spacial score (nSPS) is 18.1.